The summed E-state index contributed by atoms with van der Waals surface area (Å²) in [5.41, 5.74) is 9.56. The van der Waals surface area contributed by atoms with E-state index in [4.69, 9.17) is 0 Å². The van der Waals surface area contributed by atoms with Gasteiger partial charge in [-0.25, -0.2) is 0 Å². The summed E-state index contributed by atoms with van der Waals surface area (Å²) < 4.78 is 0. The fourth-order valence-electron chi connectivity index (χ4n) is 6.21. The Morgan fingerprint density at radius 3 is 1.37 bits per heavy atom. The molecule has 0 spiro atoms. The highest BCUT2D eigenvalue weighted by Gasteiger charge is 2.25. The van der Waals surface area contributed by atoms with E-state index in [2.05, 4.69) is 113 Å². The minimum absolute atomic E-state index is 0.582. The number of rotatable bonds is 13. The van der Waals surface area contributed by atoms with Crippen LogP contribution in [-0.2, 0) is 6.42 Å². The Kier molecular flexibility index (Phi) is 11.6. The molecule has 2 rings (SSSR count). The summed E-state index contributed by atoms with van der Waals surface area (Å²) in [7, 11) is 0. The lowest BCUT2D eigenvalue weighted by Crippen LogP contribution is -2.16. The maximum atomic E-state index is 2.51. The van der Waals surface area contributed by atoms with Gasteiger partial charge in [-0.05, 0) is 94.1 Å². The lowest BCUT2D eigenvalue weighted by Gasteiger charge is -2.30. The van der Waals surface area contributed by atoms with Crippen molar-refractivity contribution in [2.75, 3.05) is 0 Å². The minimum Gasteiger partial charge on any atom is -0.0651 e. The van der Waals surface area contributed by atoms with Crippen LogP contribution in [0.2, 0.25) is 0 Å². The van der Waals surface area contributed by atoms with Gasteiger partial charge in [0.1, 0.15) is 0 Å². The molecule has 0 aliphatic rings. The highest BCUT2D eigenvalue weighted by atomic mass is 14.3. The van der Waals surface area contributed by atoms with Gasteiger partial charge in [-0.3, -0.25) is 0 Å². The first-order valence-corrected chi connectivity index (χ1v) is 14.7. The van der Waals surface area contributed by atoms with E-state index in [9.17, 15) is 0 Å². The van der Waals surface area contributed by atoms with Crippen LogP contribution in [0.1, 0.15) is 165 Å². The molecule has 0 nitrogen and oxygen atoms in total. The topological polar surface area (TPSA) is 0 Å². The van der Waals surface area contributed by atoms with Gasteiger partial charge in [-0.2, -0.15) is 0 Å². The summed E-state index contributed by atoms with van der Waals surface area (Å²) >= 11 is 0. The first kappa shape index (κ1) is 29.7. The zero-order valence-corrected chi connectivity index (χ0v) is 25.0. The van der Waals surface area contributed by atoms with Crippen molar-refractivity contribution in [3.63, 3.8) is 0 Å². The summed E-state index contributed by atoms with van der Waals surface area (Å²) in [5.74, 6) is 4.50. The molecule has 3 atom stereocenters. The van der Waals surface area contributed by atoms with E-state index in [0.29, 0.717) is 29.6 Å². The highest BCUT2D eigenvalue weighted by Crippen LogP contribution is 2.40. The van der Waals surface area contributed by atoms with E-state index in [1.54, 1.807) is 33.4 Å². The van der Waals surface area contributed by atoms with Gasteiger partial charge in [-0.1, -0.05) is 125 Å². The quantitative estimate of drug-likeness (QED) is 0.269. The summed E-state index contributed by atoms with van der Waals surface area (Å²) in [4.78, 5) is 0. The van der Waals surface area contributed by atoms with Crippen LogP contribution in [0, 0.1) is 11.8 Å². The van der Waals surface area contributed by atoms with Crippen LogP contribution in [0.25, 0.3) is 0 Å². The molecule has 0 heteroatoms. The molecule has 0 saturated heterocycles. The lowest BCUT2D eigenvalue weighted by atomic mass is 9.74. The second-order valence-electron chi connectivity index (χ2n) is 12.6. The molecule has 0 bridgehead atoms. The lowest BCUT2D eigenvalue weighted by molar-refractivity contribution is 0.346. The van der Waals surface area contributed by atoms with E-state index in [0.717, 1.165) is 11.8 Å². The Morgan fingerprint density at radius 2 is 0.971 bits per heavy atom. The van der Waals surface area contributed by atoms with Gasteiger partial charge in [-0.15, -0.1) is 0 Å². The van der Waals surface area contributed by atoms with Gasteiger partial charge in [0.25, 0.3) is 0 Å². The average molecular weight is 477 g/mol. The SMILES string of the molecule is CCC(CCC(C)CCc1c(C(C)C)cccc1C(C)C)C(C)c1c(C(C)C)cccc1C(C)C. The smallest absolute Gasteiger partial charge is 0.0156 e. The Bertz CT molecular complexity index is 846. The fourth-order valence-corrected chi connectivity index (χ4v) is 6.21. The summed E-state index contributed by atoms with van der Waals surface area (Å²) in [6, 6.07) is 14.1. The molecule has 35 heavy (non-hydrogen) atoms. The van der Waals surface area contributed by atoms with Gasteiger partial charge in [0, 0.05) is 0 Å². The highest BCUT2D eigenvalue weighted by molar-refractivity contribution is 5.42. The van der Waals surface area contributed by atoms with Gasteiger partial charge in [0.15, 0.2) is 0 Å². The van der Waals surface area contributed by atoms with E-state index >= 15 is 0 Å². The molecule has 196 valence electrons. The fraction of sp³-hybridized carbons (Fsp3) is 0.657. The molecule has 0 aromatic heterocycles. The Hall–Kier alpha value is -1.56. The van der Waals surface area contributed by atoms with E-state index in [1.165, 1.54) is 32.1 Å². The molecular formula is C35H56. The minimum atomic E-state index is 0.582. The van der Waals surface area contributed by atoms with Crippen LogP contribution in [-0.4, -0.2) is 0 Å². The van der Waals surface area contributed by atoms with Crippen LogP contribution >= 0.6 is 0 Å². The normalized spacial score (nSPS) is 14.8. The van der Waals surface area contributed by atoms with Crippen molar-refractivity contribution in [2.24, 2.45) is 11.8 Å². The molecule has 0 N–H and O–H groups in total. The molecule has 0 amide bonds. The Morgan fingerprint density at radius 1 is 0.543 bits per heavy atom. The third-order valence-corrected chi connectivity index (χ3v) is 8.51. The van der Waals surface area contributed by atoms with Crippen LogP contribution in [0.4, 0.5) is 0 Å². The Balaban J connectivity index is 2.13. The molecule has 0 fully saturated rings. The number of hydrogen-bond donors (Lipinski definition) is 0. The Labute approximate surface area is 219 Å². The van der Waals surface area contributed by atoms with Crippen molar-refractivity contribution in [3.05, 3.63) is 69.8 Å². The molecule has 0 saturated carbocycles. The standard InChI is InChI=1S/C35H56/c1-12-29(28(11)35-32(25(6)7)17-14-18-33(35)26(8)9)21-19-27(10)20-22-34-30(23(2)3)15-13-16-31(34)24(4)5/h13-18,23-29H,12,19-22H2,1-11H3. The van der Waals surface area contributed by atoms with Crippen LogP contribution in [0.3, 0.4) is 0 Å². The van der Waals surface area contributed by atoms with Gasteiger partial charge >= 0.3 is 0 Å². The van der Waals surface area contributed by atoms with Crippen LogP contribution in [0.15, 0.2) is 36.4 Å². The molecule has 2 aromatic carbocycles. The van der Waals surface area contributed by atoms with Gasteiger partial charge < -0.3 is 0 Å². The maximum absolute atomic E-state index is 2.51. The van der Waals surface area contributed by atoms with Gasteiger partial charge in [0.05, 0.1) is 0 Å². The molecule has 0 aliphatic carbocycles. The van der Waals surface area contributed by atoms with Crippen molar-refractivity contribution in [2.45, 2.75) is 138 Å². The maximum Gasteiger partial charge on any atom is -0.0156 e. The van der Waals surface area contributed by atoms with E-state index in [1.807, 2.05) is 0 Å². The average Bonchev–Trinajstić information content (AvgIpc) is 2.81. The summed E-state index contributed by atoms with van der Waals surface area (Å²) in [6.07, 6.45) is 6.47. The van der Waals surface area contributed by atoms with Gasteiger partial charge in [0.2, 0.25) is 0 Å². The molecule has 3 unspecified atom stereocenters. The number of benzene rings is 2. The molecule has 0 aliphatic heterocycles. The summed E-state index contributed by atoms with van der Waals surface area (Å²) in [6.45, 7) is 26.2. The monoisotopic (exact) mass is 476 g/mol. The van der Waals surface area contributed by atoms with E-state index in [-0.39, 0.29) is 0 Å². The molecule has 0 heterocycles. The first-order valence-electron chi connectivity index (χ1n) is 14.7. The first-order chi connectivity index (χ1) is 16.5. The predicted molar refractivity (Wildman–Crippen MR) is 158 cm³/mol. The second-order valence-corrected chi connectivity index (χ2v) is 12.6. The van der Waals surface area contributed by atoms with Crippen LogP contribution in [0.5, 0.6) is 0 Å². The van der Waals surface area contributed by atoms with Crippen molar-refractivity contribution in [1.82, 2.24) is 0 Å². The third-order valence-electron chi connectivity index (χ3n) is 8.51. The van der Waals surface area contributed by atoms with Crippen molar-refractivity contribution >= 4 is 0 Å². The largest absolute Gasteiger partial charge is 0.0651 e. The zero-order chi connectivity index (χ0) is 26.3. The molecular weight excluding hydrogens is 420 g/mol. The van der Waals surface area contributed by atoms with Crippen molar-refractivity contribution in [1.29, 1.82) is 0 Å². The number of hydrogen-bond acceptors (Lipinski definition) is 0. The predicted octanol–water partition coefficient (Wildman–Crippen LogP) is 11.4. The van der Waals surface area contributed by atoms with Crippen molar-refractivity contribution < 1.29 is 0 Å². The second kappa shape index (κ2) is 13.7. The van der Waals surface area contributed by atoms with E-state index < -0.39 is 0 Å². The zero-order valence-electron chi connectivity index (χ0n) is 25.0. The van der Waals surface area contributed by atoms with Crippen LogP contribution < -0.4 is 0 Å². The molecule has 2 aromatic rings. The summed E-state index contributed by atoms with van der Waals surface area (Å²) in [5, 5.41) is 0. The van der Waals surface area contributed by atoms with Crippen molar-refractivity contribution in [3.8, 4) is 0 Å². The third kappa shape index (κ3) is 7.71. The molecule has 0 radical (unpaired) electrons.